The van der Waals surface area contributed by atoms with Crippen LogP contribution in [0.15, 0.2) is 42.0 Å². The monoisotopic (exact) mass is 524 g/mol. The summed E-state index contributed by atoms with van der Waals surface area (Å²) in [5.74, 6) is 0.339. The van der Waals surface area contributed by atoms with Gasteiger partial charge in [0.1, 0.15) is 30.5 Å². The standard InChI is InChI=1S/C28H32N2O8/c1-34-19-5-7-21(35-2)20(17-19)25-24(26(31)18-4-6-22-23(16-18)38-15-14-37-22)27(32)28(33)30(25)9-3-8-29-10-12-36-13-11-29/h4-7,16-17,25,31H,3,8-15H2,1-2H3/b26-24+/t25-/m0/s1. The van der Waals surface area contributed by atoms with E-state index in [2.05, 4.69) is 4.90 Å². The molecule has 1 amide bonds. The highest BCUT2D eigenvalue weighted by Gasteiger charge is 2.47. The molecule has 0 saturated carbocycles. The molecule has 1 atom stereocenters. The minimum Gasteiger partial charge on any atom is -0.507 e. The van der Waals surface area contributed by atoms with Crippen molar-refractivity contribution < 1.29 is 38.4 Å². The molecule has 38 heavy (non-hydrogen) atoms. The first-order valence-corrected chi connectivity index (χ1v) is 12.7. The zero-order chi connectivity index (χ0) is 26.6. The van der Waals surface area contributed by atoms with Crippen molar-refractivity contribution in [3.05, 3.63) is 53.1 Å². The molecule has 3 heterocycles. The van der Waals surface area contributed by atoms with Crippen LogP contribution in [0, 0.1) is 0 Å². The molecular formula is C28H32N2O8. The van der Waals surface area contributed by atoms with Crippen LogP contribution in [0.3, 0.4) is 0 Å². The van der Waals surface area contributed by atoms with Gasteiger partial charge < -0.3 is 33.7 Å². The van der Waals surface area contributed by atoms with Crippen LogP contribution in [-0.4, -0.2) is 93.4 Å². The number of aliphatic hydroxyl groups excluding tert-OH is 1. The van der Waals surface area contributed by atoms with Crippen LogP contribution in [-0.2, 0) is 14.3 Å². The number of likely N-dealkylation sites (tertiary alicyclic amines) is 1. The molecule has 2 saturated heterocycles. The fraction of sp³-hybridized carbons (Fsp3) is 0.429. The third-order valence-electron chi connectivity index (χ3n) is 7.06. The van der Waals surface area contributed by atoms with Crippen LogP contribution < -0.4 is 18.9 Å². The topological polar surface area (TPSA) is 107 Å². The number of Topliss-reactive ketones (excluding diaryl/α,β-unsaturated/α-hetero) is 1. The Morgan fingerprint density at radius 2 is 1.71 bits per heavy atom. The summed E-state index contributed by atoms with van der Waals surface area (Å²) in [5, 5.41) is 11.5. The molecule has 1 N–H and O–H groups in total. The Labute approximate surface area is 221 Å². The van der Waals surface area contributed by atoms with Gasteiger partial charge in [-0.2, -0.15) is 0 Å². The number of benzene rings is 2. The van der Waals surface area contributed by atoms with E-state index in [0.29, 0.717) is 73.5 Å². The summed E-state index contributed by atoms with van der Waals surface area (Å²) in [6.07, 6.45) is 0.653. The average Bonchev–Trinajstić information content (AvgIpc) is 3.21. The van der Waals surface area contributed by atoms with Gasteiger partial charge in [-0.05, 0) is 42.8 Å². The Bertz CT molecular complexity index is 1240. The molecule has 10 nitrogen and oxygen atoms in total. The van der Waals surface area contributed by atoms with Crippen LogP contribution in [0.5, 0.6) is 23.0 Å². The molecule has 3 aliphatic heterocycles. The van der Waals surface area contributed by atoms with E-state index in [4.69, 9.17) is 23.7 Å². The molecular weight excluding hydrogens is 492 g/mol. The van der Waals surface area contributed by atoms with Crippen molar-refractivity contribution in [3.8, 4) is 23.0 Å². The Balaban J connectivity index is 1.55. The van der Waals surface area contributed by atoms with Gasteiger partial charge in [-0.1, -0.05) is 0 Å². The lowest BCUT2D eigenvalue weighted by atomic mass is 9.94. The van der Waals surface area contributed by atoms with Crippen molar-refractivity contribution in [1.29, 1.82) is 0 Å². The summed E-state index contributed by atoms with van der Waals surface area (Å²) in [4.78, 5) is 30.6. The number of nitrogens with zero attached hydrogens (tertiary/aromatic N) is 2. The number of ketones is 1. The quantitative estimate of drug-likeness (QED) is 0.317. The molecule has 2 aromatic rings. The van der Waals surface area contributed by atoms with Gasteiger partial charge in [-0.25, -0.2) is 0 Å². The highest BCUT2D eigenvalue weighted by Crippen LogP contribution is 2.44. The zero-order valence-corrected chi connectivity index (χ0v) is 21.6. The van der Waals surface area contributed by atoms with Crippen molar-refractivity contribution in [3.63, 3.8) is 0 Å². The molecule has 10 heteroatoms. The first-order chi connectivity index (χ1) is 18.5. The first-order valence-electron chi connectivity index (χ1n) is 12.7. The molecule has 5 rings (SSSR count). The average molecular weight is 525 g/mol. The predicted octanol–water partition coefficient (Wildman–Crippen LogP) is 2.62. The minimum atomic E-state index is -0.863. The minimum absolute atomic E-state index is 0.00963. The zero-order valence-electron chi connectivity index (χ0n) is 21.6. The summed E-state index contributed by atoms with van der Waals surface area (Å²) >= 11 is 0. The summed E-state index contributed by atoms with van der Waals surface area (Å²) in [6, 6.07) is 9.30. The molecule has 0 aliphatic carbocycles. The van der Waals surface area contributed by atoms with Crippen LogP contribution in [0.2, 0.25) is 0 Å². The van der Waals surface area contributed by atoms with Crippen LogP contribution in [0.1, 0.15) is 23.6 Å². The molecule has 0 unspecified atom stereocenters. The number of hydrogen-bond acceptors (Lipinski definition) is 9. The highest BCUT2D eigenvalue weighted by molar-refractivity contribution is 6.46. The lowest BCUT2D eigenvalue weighted by Gasteiger charge is -2.29. The van der Waals surface area contributed by atoms with Crippen LogP contribution in [0.25, 0.3) is 5.76 Å². The van der Waals surface area contributed by atoms with E-state index in [9.17, 15) is 14.7 Å². The van der Waals surface area contributed by atoms with E-state index in [0.717, 1.165) is 19.6 Å². The van der Waals surface area contributed by atoms with E-state index in [1.165, 1.54) is 12.0 Å². The number of methoxy groups -OCH3 is 2. The van der Waals surface area contributed by atoms with E-state index >= 15 is 0 Å². The van der Waals surface area contributed by atoms with Gasteiger partial charge in [0.05, 0.1) is 39.0 Å². The number of fused-ring (bicyclic) bond motifs is 1. The number of ether oxygens (including phenoxy) is 5. The summed E-state index contributed by atoms with van der Waals surface area (Å²) < 4.78 is 27.7. The fourth-order valence-corrected chi connectivity index (χ4v) is 5.12. The second kappa shape index (κ2) is 11.3. The van der Waals surface area contributed by atoms with Gasteiger partial charge >= 0.3 is 0 Å². The fourth-order valence-electron chi connectivity index (χ4n) is 5.12. The van der Waals surface area contributed by atoms with E-state index in [1.807, 2.05) is 0 Å². The molecule has 3 aliphatic rings. The van der Waals surface area contributed by atoms with Gasteiger partial charge in [0, 0.05) is 37.3 Å². The molecule has 0 spiro atoms. The number of amides is 1. The van der Waals surface area contributed by atoms with Gasteiger partial charge in [-0.15, -0.1) is 0 Å². The van der Waals surface area contributed by atoms with E-state index in [-0.39, 0.29) is 11.3 Å². The number of aliphatic hydroxyl groups is 1. The lowest BCUT2D eigenvalue weighted by molar-refractivity contribution is -0.140. The number of carbonyl (C=O) groups excluding carboxylic acids is 2. The van der Waals surface area contributed by atoms with Gasteiger partial charge in [0.15, 0.2) is 11.5 Å². The van der Waals surface area contributed by atoms with Crippen LogP contribution >= 0.6 is 0 Å². The molecule has 2 aromatic carbocycles. The van der Waals surface area contributed by atoms with E-state index < -0.39 is 17.7 Å². The molecule has 0 aromatic heterocycles. The number of rotatable bonds is 8. The largest absolute Gasteiger partial charge is 0.507 e. The van der Waals surface area contributed by atoms with Crippen molar-refractivity contribution in [2.24, 2.45) is 0 Å². The first kappa shape index (κ1) is 25.9. The Morgan fingerprint density at radius 3 is 2.45 bits per heavy atom. The van der Waals surface area contributed by atoms with Gasteiger partial charge in [0.2, 0.25) is 0 Å². The second-order valence-electron chi connectivity index (χ2n) is 9.27. The predicted molar refractivity (Wildman–Crippen MR) is 138 cm³/mol. The number of hydrogen-bond donors (Lipinski definition) is 1. The van der Waals surface area contributed by atoms with Crippen molar-refractivity contribution >= 4 is 17.4 Å². The Morgan fingerprint density at radius 1 is 0.947 bits per heavy atom. The second-order valence-corrected chi connectivity index (χ2v) is 9.27. The summed E-state index contributed by atoms with van der Waals surface area (Å²) in [7, 11) is 3.07. The number of carbonyl (C=O) groups is 2. The van der Waals surface area contributed by atoms with E-state index in [1.54, 1.807) is 43.5 Å². The maximum absolute atomic E-state index is 13.5. The maximum atomic E-state index is 13.5. The SMILES string of the molecule is COc1ccc(OC)c([C@H]2/C(=C(\O)c3ccc4c(c3)OCCO4)C(=O)C(=O)N2CCCN2CCOCC2)c1. The smallest absolute Gasteiger partial charge is 0.295 e. The Kier molecular flexibility index (Phi) is 7.71. The third-order valence-corrected chi connectivity index (χ3v) is 7.06. The molecule has 0 radical (unpaired) electrons. The third kappa shape index (κ3) is 5.01. The number of morpholine rings is 1. The lowest BCUT2D eigenvalue weighted by Crippen LogP contribution is -2.39. The summed E-state index contributed by atoms with van der Waals surface area (Å²) in [5.41, 5.74) is 0.897. The van der Waals surface area contributed by atoms with Gasteiger partial charge in [0.25, 0.3) is 11.7 Å². The molecule has 2 fully saturated rings. The summed E-state index contributed by atoms with van der Waals surface area (Å²) in [6.45, 7) is 4.92. The van der Waals surface area contributed by atoms with Crippen molar-refractivity contribution in [2.75, 3.05) is 66.8 Å². The normalized spacial score (nSPS) is 21.0. The van der Waals surface area contributed by atoms with Crippen LogP contribution in [0.4, 0.5) is 0 Å². The van der Waals surface area contributed by atoms with Gasteiger partial charge in [-0.3, -0.25) is 14.5 Å². The Hall–Kier alpha value is -3.76. The molecule has 0 bridgehead atoms. The highest BCUT2D eigenvalue weighted by atomic mass is 16.6. The maximum Gasteiger partial charge on any atom is 0.295 e. The van der Waals surface area contributed by atoms with Crippen molar-refractivity contribution in [1.82, 2.24) is 9.80 Å². The molecule has 202 valence electrons. The van der Waals surface area contributed by atoms with Crippen molar-refractivity contribution in [2.45, 2.75) is 12.5 Å².